The van der Waals surface area contributed by atoms with Crippen LogP contribution < -0.4 is 0 Å². The number of carbonyl (C=O) groups is 1. The Balaban J connectivity index is 3.12. The van der Waals surface area contributed by atoms with Crippen molar-refractivity contribution >= 4 is 17.9 Å². The maximum Gasteiger partial charge on any atom is 0.416 e. The monoisotopic (exact) mass is 222 g/mol. The first kappa shape index (κ1) is 11.0. The third-order valence-corrected chi connectivity index (χ3v) is 2.05. The fourth-order valence-corrected chi connectivity index (χ4v) is 1.19. The van der Waals surface area contributed by atoms with Gasteiger partial charge in [-0.2, -0.15) is 13.2 Å². The van der Waals surface area contributed by atoms with E-state index in [1.54, 1.807) is 0 Å². The first-order valence-corrected chi connectivity index (χ1v) is 4.12. The minimum absolute atomic E-state index is 0.108. The van der Waals surface area contributed by atoms with Crippen LogP contribution in [0.4, 0.5) is 13.2 Å². The lowest BCUT2D eigenvalue weighted by Gasteiger charge is -2.08. The zero-order chi connectivity index (χ0) is 10.8. The van der Waals surface area contributed by atoms with Crippen molar-refractivity contribution < 1.29 is 18.0 Å². The van der Waals surface area contributed by atoms with Crippen molar-refractivity contribution in [2.45, 2.75) is 12.6 Å². The quantitative estimate of drug-likeness (QED) is 0.703. The molecule has 0 amide bonds. The molecule has 1 nitrogen and oxygen atoms in total. The van der Waals surface area contributed by atoms with Crippen LogP contribution in [-0.2, 0) is 17.4 Å². The maximum absolute atomic E-state index is 12.2. The molecule has 1 rings (SSSR count). The summed E-state index contributed by atoms with van der Waals surface area (Å²) in [4.78, 5) is 10.1. The number of halogens is 4. The Morgan fingerprint density at radius 2 is 2.00 bits per heavy atom. The van der Waals surface area contributed by atoms with E-state index in [0.29, 0.717) is 6.29 Å². The molecule has 0 aliphatic rings. The summed E-state index contributed by atoms with van der Waals surface area (Å²) in [7, 11) is 0. The number of rotatable bonds is 2. The van der Waals surface area contributed by atoms with Crippen LogP contribution in [0.25, 0.3) is 0 Å². The van der Waals surface area contributed by atoms with E-state index in [2.05, 4.69) is 0 Å². The second-order valence-corrected chi connectivity index (χ2v) is 3.08. The third kappa shape index (κ3) is 2.48. The summed E-state index contributed by atoms with van der Waals surface area (Å²) < 4.78 is 36.6. The van der Waals surface area contributed by atoms with Crippen LogP contribution >= 0.6 is 11.6 Å². The Morgan fingerprint density at radius 3 is 2.50 bits per heavy atom. The standard InChI is InChI=1S/C9H6ClF3O/c10-8-2-1-7(9(11,12)13)5-6(8)3-4-14/h1-2,4-5H,3H2. The Bertz CT molecular complexity index is 346. The first-order chi connectivity index (χ1) is 6.45. The van der Waals surface area contributed by atoms with Gasteiger partial charge in [0.25, 0.3) is 0 Å². The highest BCUT2D eigenvalue weighted by atomic mass is 35.5. The molecule has 0 saturated carbocycles. The molecule has 0 aliphatic heterocycles. The lowest BCUT2D eigenvalue weighted by molar-refractivity contribution is -0.137. The van der Waals surface area contributed by atoms with Crippen LogP contribution in [0.2, 0.25) is 5.02 Å². The van der Waals surface area contributed by atoms with Gasteiger partial charge in [-0.1, -0.05) is 11.6 Å². The SMILES string of the molecule is O=CCc1cc(C(F)(F)F)ccc1Cl. The normalized spacial score (nSPS) is 11.4. The van der Waals surface area contributed by atoms with Gasteiger partial charge in [0.15, 0.2) is 0 Å². The molecule has 0 spiro atoms. The van der Waals surface area contributed by atoms with E-state index in [0.717, 1.165) is 18.2 Å². The van der Waals surface area contributed by atoms with Gasteiger partial charge in [0.1, 0.15) is 6.29 Å². The molecule has 1 aromatic carbocycles. The van der Waals surface area contributed by atoms with Gasteiger partial charge in [-0.15, -0.1) is 0 Å². The molecule has 0 aliphatic carbocycles. The lowest BCUT2D eigenvalue weighted by atomic mass is 10.1. The summed E-state index contributed by atoms with van der Waals surface area (Å²) >= 11 is 5.60. The number of hydrogen-bond donors (Lipinski definition) is 0. The van der Waals surface area contributed by atoms with Gasteiger partial charge in [-0.3, -0.25) is 0 Å². The number of benzene rings is 1. The van der Waals surface area contributed by atoms with E-state index in [-0.39, 0.29) is 17.0 Å². The van der Waals surface area contributed by atoms with E-state index in [1.165, 1.54) is 0 Å². The van der Waals surface area contributed by atoms with Crippen LogP contribution in [0.3, 0.4) is 0 Å². The van der Waals surface area contributed by atoms with Gasteiger partial charge in [0.2, 0.25) is 0 Å². The summed E-state index contributed by atoms with van der Waals surface area (Å²) in [6.07, 6.45) is -3.99. The molecule has 76 valence electrons. The van der Waals surface area contributed by atoms with Gasteiger partial charge in [0.05, 0.1) is 5.56 Å². The van der Waals surface area contributed by atoms with Crippen LogP contribution in [-0.4, -0.2) is 6.29 Å². The lowest BCUT2D eigenvalue weighted by Crippen LogP contribution is -2.05. The molecule has 14 heavy (non-hydrogen) atoms. The highest BCUT2D eigenvalue weighted by Gasteiger charge is 2.30. The second-order valence-electron chi connectivity index (χ2n) is 2.67. The predicted octanol–water partition coefficient (Wildman–Crippen LogP) is 3.10. The molecule has 0 aromatic heterocycles. The Morgan fingerprint density at radius 1 is 1.36 bits per heavy atom. The van der Waals surface area contributed by atoms with Crippen molar-refractivity contribution in [3.63, 3.8) is 0 Å². The summed E-state index contributed by atoms with van der Waals surface area (Å²) in [6, 6.07) is 2.91. The smallest absolute Gasteiger partial charge is 0.303 e. The van der Waals surface area contributed by atoms with Gasteiger partial charge < -0.3 is 4.79 Å². The Hall–Kier alpha value is -1.03. The summed E-state index contributed by atoms with van der Waals surface area (Å²) in [5.74, 6) is 0. The first-order valence-electron chi connectivity index (χ1n) is 3.74. The maximum atomic E-state index is 12.2. The van der Waals surface area contributed by atoms with Crippen molar-refractivity contribution in [3.05, 3.63) is 34.3 Å². The van der Waals surface area contributed by atoms with Gasteiger partial charge in [0, 0.05) is 11.4 Å². The molecule has 0 heterocycles. The number of aldehydes is 1. The molecule has 1 aromatic rings. The molecular formula is C9H6ClF3O. The molecule has 0 unspecified atom stereocenters. The average molecular weight is 223 g/mol. The molecule has 0 N–H and O–H groups in total. The van der Waals surface area contributed by atoms with Crippen molar-refractivity contribution in [1.29, 1.82) is 0 Å². The van der Waals surface area contributed by atoms with Crippen molar-refractivity contribution in [2.75, 3.05) is 0 Å². The fraction of sp³-hybridized carbons (Fsp3) is 0.222. The molecule has 0 radical (unpaired) electrons. The van der Waals surface area contributed by atoms with Crippen molar-refractivity contribution in [3.8, 4) is 0 Å². The zero-order valence-corrected chi connectivity index (χ0v) is 7.69. The topological polar surface area (TPSA) is 17.1 Å². The highest BCUT2D eigenvalue weighted by Crippen LogP contribution is 2.31. The predicted molar refractivity (Wildman–Crippen MR) is 46.2 cm³/mol. The Kier molecular flexibility index (Phi) is 3.16. The van der Waals surface area contributed by atoms with E-state index in [9.17, 15) is 18.0 Å². The van der Waals surface area contributed by atoms with Gasteiger partial charge in [-0.25, -0.2) is 0 Å². The summed E-state index contributed by atoms with van der Waals surface area (Å²) in [6.45, 7) is 0. The van der Waals surface area contributed by atoms with Crippen LogP contribution in [0.5, 0.6) is 0 Å². The van der Waals surface area contributed by atoms with Crippen LogP contribution in [0.15, 0.2) is 18.2 Å². The summed E-state index contributed by atoms with van der Waals surface area (Å²) in [5, 5.41) is 0.171. The minimum Gasteiger partial charge on any atom is -0.303 e. The van der Waals surface area contributed by atoms with E-state index < -0.39 is 11.7 Å². The number of hydrogen-bond acceptors (Lipinski definition) is 1. The molecule has 0 saturated heterocycles. The average Bonchev–Trinajstić information content (AvgIpc) is 2.07. The van der Waals surface area contributed by atoms with E-state index >= 15 is 0 Å². The van der Waals surface area contributed by atoms with Gasteiger partial charge in [-0.05, 0) is 23.8 Å². The van der Waals surface area contributed by atoms with Crippen LogP contribution in [0.1, 0.15) is 11.1 Å². The molecule has 5 heteroatoms. The van der Waals surface area contributed by atoms with Gasteiger partial charge >= 0.3 is 6.18 Å². The second kappa shape index (κ2) is 4.00. The number of carbonyl (C=O) groups excluding carboxylic acids is 1. The van der Waals surface area contributed by atoms with E-state index in [4.69, 9.17) is 11.6 Å². The molecule has 0 fully saturated rings. The number of alkyl halides is 3. The Labute approximate surface area is 83.5 Å². The van der Waals surface area contributed by atoms with Crippen molar-refractivity contribution in [2.24, 2.45) is 0 Å². The highest BCUT2D eigenvalue weighted by molar-refractivity contribution is 6.31. The van der Waals surface area contributed by atoms with E-state index in [1.807, 2.05) is 0 Å². The largest absolute Gasteiger partial charge is 0.416 e. The minimum atomic E-state index is -4.40. The third-order valence-electron chi connectivity index (χ3n) is 1.68. The summed E-state index contributed by atoms with van der Waals surface area (Å²) in [5.41, 5.74) is -0.602. The van der Waals surface area contributed by atoms with Crippen LogP contribution in [0, 0.1) is 0 Å². The molecule has 0 atom stereocenters. The zero-order valence-electron chi connectivity index (χ0n) is 6.94. The van der Waals surface area contributed by atoms with Crippen molar-refractivity contribution in [1.82, 2.24) is 0 Å². The molecule has 0 bridgehead atoms. The molecular weight excluding hydrogens is 217 g/mol. The fourth-order valence-electron chi connectivity index (χ4n) is 0.997.